The Hall–Kier alpha value is -0.490. The molecule has 1 aromatic heterocycles. The van der Waals surface area contributed by atoms with Gasteiger partial charge >= 0.3 is 0 Å². The number of nitrogens with two attached hydrogens (primary N) is 2. The van der Waals surface area contributed by atoms with Crippen LogP contribution >= 0.6 is 27.3 Å². The van der Waals surface area contributed by atoms with Crippen LogP contribution in [0.5, 0.6) is 0 Å². The van der Waals surface area contributed by atoms with Gasteiger partial charge in [-0.1, -0.05) is 12.1 Å². The molecule has 0 amide bonds. The van der Waals surface area contributed by atoms with Crippen molar-refractivity contribution in [1.82, 2.24) is 4.98 Å². The molecule has 0 aliphatic carbocycles. The molecule has 2 aromatic rings. The molecule has 0 aliphatic heterocycles. The van der Waals surface area contributed by atoms with E-state index in [0.29, 0.717) is 0 Å². The Kier molecular flexibility index (Phi) is 3.61. The third-order valence-electron chi connectivity index (χ3n) is 1.27. The minimum absolute atomic E-state index is 0.953. The summed E-state index contributed by atoms with van der Waals surface area (Å²) in [7, 11) is 0. The van der Waals surface area contributed by atoms with Gasteiger partial charge < -0.3 is 0 Å². The minimum atomic E-state index is 0.953. The number of rotatable bonds is 0. The number of thiazole rings is 1. The molecular weight excluding hydrogens is 238 g/mol. The van der Waals surface area contributed by atoms with Gasteiger partial charge in [0.15, 0.2) is 3.92 Å². The molecule has 4 N–H and O–H groups in total. The summed E-state index contributed by atoms with van der Waals surface area (Å²) in [5, 5.41) is 0. The van der Waals surface area contributed by atoms with Crippen LogP contribution in [0.1, 0.15) is 0 Å². The SMILES string of the molecule is Brc1nc2ccccc2s1.NN. The number of fused-ring (bicyclic) bond motifs is 1. The van der Waals surface area contributed by atoms with Crippen molar-refractivity contribution in [1.29, 1.82) is 0 Å². The van der Waals surface area contributed by atoms with Crippen molar-refractivity contribution in [2.24, 2.45) is 11.7 Å². The van der Waals surface area contributed by atoms with Crippen LogP contribution in [-0.4, -0.2) is 4.98 Å². The number of benzene rings is 1. The van der Waals surface area contributed by atoms with Crippen molar-refractivity contribution in [3.63, 3.8) is 0 Å². The Labute approximate surface area is 82.5 Å². The van der Waals surface area contributed by atoms with Crippen LogP contribution in [0.3, 0.4) is 0 Å². The van der Waals surface area contributed by atoms with Gasteiger partial charge in [0.1, 0.15) is 0 Å². The van der Waals surface area contributed by atoms with E-state index >= 15 is 0 Å². The Morgan fingerprint density at radius 3 is 2.58 bits per heavy atom. The predicted octanol–water partition coefficient (Wildman–Crippen LogP) is 1.88. The standard InChI is InChI=1S/C7H4BrNS.H4N2/c8-7-9-5-3-1-2-4-6(5)10-7;1-2/h1-4H;1-2H2. The molecule has 2 rings (SSSR count). The van der Waals surface area contributed by atoms with E-state index in [1.54, 1.807) is 11.3 Å². The van der Waals surface area contributed by atoms with E-state index in [1.165, 1.54) is 4.70 Å². The number of nitrogens with zero attached hydrogens (tertiary/aromatic N) is 1. The monoisotopic (exact) mass is 245 g/mol. The van der Waals surface area contributed by atoms with E-state index < -0.39 is 0 Å². The zero-order valence-electron chi connectivity index (χ0n) is 6.20. The Morgan fingerprint density at radius 2 is 1.92 bits per heavy atom. The maximum absolute atomic E-state index is 4.25. The molecule has 0 unspecified atom stereocenters. The normalized spacial score (nSPS) is 9.25. The first-order valence-corrected chi connectivity index (χ1v) is 4.81. The molecule has 3 nitrogen and oxygen atoms in total. The molecule has 1 heterocycles. The number of hydrazine groups is 1. The summed E-state index contributed by atoms with van der Waals surface area (Å²) in [4.78, 5) is 4.25. The molecule has 0 saturated carbocycles. The fourth-order valence-corrected chi connectivity index (χ4v) is 2.25. The van der Waals surface area contributed by atoms with Crippen molar-refractivity contribution in [2.75, 3.05) is 0 Å². The van der Waals surface area contributed by atoms with Gasteiger partial charge in [-0.2, -0.15) is 0 Å². The van der Waals surface area contributed by atoms with Gasteiger partial charge in [0.25, 0.3) is 0 Å². The second-order valence-electron chi connectivity index (χ2n) is 1.93. The lowest BCUT2D eigenvalue weighted by Crippen LogP contribution is -2.02. The quantitative estimate of drug-likeness (QED) is 0.551. The molecule has 5 heteroatoms. The van der Waals surface area contributed by atoms with Crippen molar-refractivity contribution < 1.29 is 0 Å². The van der Waals surface area contributed by atoms with E-state index in [9.17, 15) is 0 Å². The van der Waals surface area contributed by atoms with Crippen LogP contribution in [0.2, 0.25) is 0 Å². The van der Waals surface area contributed by atoms with Crippen LogP contribution in [0.25, 0.3) is 10.2 Å². The van der Waals surface area contributed by atoms with Crippen molar-refractivity contribution in [3.05, 3.63) is 28.2 Å². The van der Waals surface area contributed by atoms with Crippen LogP contribution in [0, 0.1) is 0 Å². The highest BCUT2D eigenvalue weighted by atomic mass is 79.9. The highest BCUT2D eigenvalue weighted by Crippen LogP contribution is 2.24. The molecule has 64 valence electrons. The summed E-state index contributed by atoms with van der Waals surface area (Å²) in [6.45, 7) is 0. The zero-order chi connectivity index (χ0) is 8.97. The fourth-order valence-electron chi connectivity index (χ4n) is 0.844. The van der Waals surface area contributed by atoms with Gasteiger partial charge in [-0.15, -0.1) is 11.3 Å². The average Bonchev–Trinajstić information content (AvgIpc) is 2.48. The third-order valence-corrected chi connectivity index (χ3v) is 2.76. The Bertz CT molecular complexity index is 327. The average molecular weight is 246 g/mol. The summed E-state index contributed by atoms with van der Waals surface area (Å²) in [5.74, 6) is 8.00. The Morgan fingerprint density at radius 1 is 1.25 bits per heavy atom. The summed E-state index contributed by atoms with van der Waals surface area (Å²) in [6, 6.07) is 8.09. The summed E-state index contributed by atoms with van der Waals surface area (Å²) < 4.78 is 2.18. The second kappa shape index (κ2) is 4.51. The lowest BCUT2D eigenvalue weighted by atomic mass is 10.3. The van der Waals surface area contributed by atoms with Gasteiger partial charge in [-0.3, -0.25) is 11.7 Å². The first-order valence-electron chi connectivity index (χ1n) is 3.21. The maximum atomic E-state index is 4.25. The van der Waals surface area contributed by atoms with Gasteiger partial charge in [-0.25, -0.2) is 4.98 Å². The molecule has 0 spiro atoms. The summed E-state index contributed by atoms with van der Waals surface area (Å²) in [6.07, 6.45) is 0. The molecule has 0 aliphatic rings. The second-order valence-corrected chi connectivity index (χ2v) is 4.24. The molecular formula is C7H8BrN3S. The van der Waals surface area contributed by atoms with E-state index in [0.717, 1.165) is 9.43 Å². The summed E-state index contributed by atoms with van der Waals surface area (Å²) in [5.41, 5.74) is 1.07. The van der Waals surface area contributed by atoms with Gasteiger partial charge in [0.2, 0.25) is 0 Å². The molecule has 12 heavy (non-hydrogen) atoms. The number of halogens is 1. The lowest BCUT2D eigenvalue weighted by molar-refractivity contribution is 1.26. The number of hydrogen-bond donors (Lipinski definition) is 2. The number of para-hydroxylation sites is 1. The number of hydrogen-bond acceptors (Lipinski definition) is 4. The van der Waals surface area contributed by atoms with Crippen LogP contribution in [0.4, 0.5) is 0 Å². The van der Waals surface area contributed by atoms with Crippen molar-refractivity contribution >= 4 is 37.5 Å². The molecule has 1 aromatic carbocycles. The van der Waals surface area contributed by atoms with E-state index in [-0.39, 0.29) is 0 Å². The van der Waals surface area contributed by atoms with Gasteiger partial charge in [0.05, 0.1) is 10.2 Å². The highest BCUT2D eigenvalue weighted by Gasteiger charge is 1.96. The first kappa shape index (κ1) is 9.60. The van der Waals surface area contributed by atoms with Crippen LogP contribution < -0.4 is 11.7 Å². The van der Waals surface area contributed by atoms with Gasteiger partial charge in [-0.05, 0) is 28.1 Å². The first-order chi connectivity index (χ1) is 5.86. The van der Waals surface area contributed by atoms with E-state index in [4.69, 9.17) is 0 Å². The summed E-state index contributed by atoms with van der Waals surface area (Å²) >= 11 is 4.99. The zero-order valence-corrected chi connectivity index (χ0v) is 8.60. The molecule has 0 radical (unpaired) electrons. The largest absolute Gasteiger partial charge is 0.274 e. The molecule has 0 bridgehead atoms. The Balaban J connectivity index is 0.000000336. The third kappa shape index (κ3) is 2.01. The highest BCUT2D eigenvalue weighted by molar-refractivity contribution is 9.11. The van der Waals surface area contributed by atoms with Crippen molar-refractivity contribution in [3.8, 4) is 0 Å². The fraction of sp³-hybridized carbons (Fsp3) is 0. The molecule has 0 saturated heterocycles. The molecule has 0 atom stereocenters. The van der Waals surface area contributed by atoms with Crippen LogP contribution in [-0.2, 0) is 0 Å². The number of aromatic nitrogens is 1. The topological polar surface area (TPSA) is 64.9 Å². The maximum Gasteiger partial charge on any atom is 0.160 e. The molecule has 0 fully saturated rings. The van der Waals surface area contributed by atoms with E-state index in [2.05, 4.69) is 38.7 Å². The van der Waals surface area contributed by atoms with Crippen LogP contribution in [0.15, 0.2) is 28.2 Å². The van der Waals surface area contributed by atoms with Gasteiger partial charge in [0, 0.05) is 0 Å². The smallest absolute Gasteiger partial charge is 0.160 e. The minimum Gasteiger partial charge on any atom is -0.274 e. The predicted molar refractivity (Wildman–Crippen MR) is 55.7 cm³/mol. The van der Waals surface area contributed by atoms with E-state index in [1.807, 2.05) is 18.2 Å². The van der Waals surface area contributed by atoms with Crippen molar-refractivity contribution in [2.45, 2.75) is 0 Å². The lowest BCUT2D eigenvalue weighted by Gasteiger charge is -1.80.